The number of aliphatic carboxylic acids is 1. The van der Waals surface area contributed by atoms with Gasteiger partial charge in [0.25, 0.3) is 0 Å². The molecule has 1 rings (SSSR count). The van der Waals surface area contributed by atoms with Gasteiger partial charge < -0.3 is 5.11 Å². The van der Waals surface area contributed by atoms with Crippen LogP contribution in [0, 0.1) is 17.8 Å². The summed E-state index contributed by atoms with van der Waals surface area (Å²) >= 11 is 0. The van der Waals surface area contributed by atoms with Crippen molar-refractivity contribution in [3.63, 3.8) is 0 Å². The Morgan fingerprint density at radius 1 is 1.45 bits per heavy atom. The number of carbonyl (C=O) groups is 1. The first-order chi connectivity index (χ1) is 5.04. The molecule has 1 saturated carbocycles. The highest BCUT2D eigenvalue weighted by atomic mass is 16.4. The van der Waals surface area contributed by atoms with E-state index in [1.165, 1.54) is 5.57 Å². The normalized spacial score (nSPS) is 34.6. The monoisotopic (exact) mass is 154 g/mol. The van der Waals surface area contributed by atoms with Crippen molar-refractivity contribution < 1.29 is 9.90 Å². The SMILES string of the molecule is CC(C)=C[C@@H]1[C@@H](C)[C@@H]1C(=O)O. The van der Waals surface area contributed by atoms with Crippen LogP contribution in [0.25, 0.3) is 0 Å². The lowest BCUT2D eigenvalue weighted by Gasteiger charge is -1.87. The second kappa shape index (κ2) is 2.68. The molecule has 2 nitrogen and oxygen atoms in total. The van der Waals surface area contributed by atoms with Crippen LogP contribution in [0.15, 0.2) is 11.6 Å². The van der Waals surface area contributed by atoms with E-state index in [9.17, 15) is 4.79 Å². The maximum absolute atomic E-state index is 10.5. The summed E-state index contributed by atoms with van der Waals surface area (Å²) < 4.78 is 0. The summed E-state index contributed by atoms with van der Waals surface area (Å²) in [6.45, 7) is 6.00. The van der Waals surface area contributed by atoms with Gasteiger partial charge in [-0.25, -0.2) is 0 Å². The van der Waals surface area contributed by atoms with Gasteiger partial charge in [-0.3, -0.25) is 4.79 Å². The van der Waals surface area contributed by atoms with E-state index in [1.807, 2.05) is 20.8 Å². The molecule has 0 bridgehead atoms. The molecule has 0 aromatic rings. The largest absolute Gasteiger partial charge is 0.481 e. The minimum atomic E-state index is -0.653. The van der Waals surface area contributed by atoms with Crippen LogP contribution >= 0.6 is 0 Å². The van der Waals surface area contributed by atoms with E-state index in [0.717, 1.165) is 0 Å². The molecule has 2 heteroatoms. The third-order valence-electron chi connectivity index (χ3n) is 2.26. The summed E-state index contributed by atoms with van der Waals surface area (Å²) in [6, 6.07) is 0. The third-order valence-corrected chi connectivity index (χ3v) is 2.26. The van der Waals surface area contributed by atoms with Gasteiger partial charge in [0.15, 0.2) is 0 Å². The van der Waals surface area contributed by atoms with Gasteiger partial charge in [0.1, 0.15) is 0 Å². The molecule has 0 aromatic heterocycles. The van der Waals surface area contributed by atoms with Crippen LogP contribution in [0.1, 0.15) is 20.8 Å². The average Bonchev–Trinajstić information content (AvgIpc) is 2.40. The zero-order valence-electron chi connectivity index (χ0n) is 7.16. The van der Waals surface area contributed by atoms with Crippen LogP contribution in [-0.2, 0) is 4.79 Å². The first-order valence-electron chi connectivity index (χ1n) is 3.92. The van der Waals surface area contributed by atoms with Crippen LogP contribution in [0.2, 0.25) is 0 Å². The standard InChI is InChI=1S/C9H14O2/c1-5(2)4-7-6(3)8(7)9(10)11/h4,6-8H,1-3H3,(H,10,11)/t6-,7-,8+/m1/s1. The van der Waals surface area contributed by atoms with Crippen LogP contribution in [0.5, 0.6) is 0 Å². The van der Waals surface area contributed by atoms with E-state index in [2.05, 4.69) is 6.08 Å². The molecule has 1 aliphatic rings. The molecule has 1 N–H and O–H groups in total. The van der Waals surface area contributed by atoms with E-state index in [0.29, 0.717) is 5.92 Å². The Labute approximate surface area is 66.9 Å². The molecule has 1 aliphatic carbocycles. The number of hydrogen-bond acceptors (Lipinski definition) is 1. The van der Waals surface area contributed by atoms with Gasteiger partial charge in [0.2, 0.25) is 0 Å². The van der Waals surface area contributed by atoms with Crippen molar-refractivity contribution in [1.29, 1.82) is 0 Å². The van der Waals surface area contributed by atoms with E-state index in [4.69, 9.17) is 5.11 Å². The molecule has 0 amide bonds. The van der Waals surface area contributed by atoms with Crippen molar-refractivity contribution in [3.8, 4) is 0 Å². The van der Waals surface area contributed by atoms with Gasteiger partial charge in [-0.15, -0.1) is 0 Å². The molecule has 0 saturated heterocycles. The summed E-state index contributed by atoms with van der Waals surface area (Å²) in [5.41, 5.74) is 1.21. The quantitative estimate of drug-likeness (QED) is 0.617. The lowest BCUT2D eigenvalue weighted by atomic mass is 10.2. The molecular weight excluding hydrogens is 140 g/mol. The molecule has 11 heavy (non-hydrogen) atoms. The Kier molecular flexibility index (Phi) is 2.03. The molecule has 62 valence electrons. The number of hydrogen-bond donors (Lipinski definition) is 1. The average molecular weight is 154 g/mol. The lowest BCUT2D eigenvalue weighted by molar-refractivity contribution is -0.139. The molecular formula is C9H14O2. The fourth-order valence-corrected chi connectivity index (χ4v) is 1.52. The Morgan fingerprint density at radius 3 is 2.27 bits per heavy atom. The molecule has 1 fully saturated rings. The summed E-state index contributed by atoms with van der Waals surface area (Å²) in [6.07, 6.45) is 2.06. The smallest absolute Gasteiger partial charge is 0.307 e. The van der Waals surface area contributed by atoms with Gasteiger partial charge in [0, 0.05) is 0 Å². The predicted octanol–water partition coefficient (Wildman–Crippen LogP) is 1.92. The molecule has 0 aliphatic heterocycles. The maximum atomic E-state index is 10.5. The Morgan fingerprint density at radius 2 is 2.00 bits per heavy atom. The van der Waals surface area contributed by atoms with Crippen LogP contribution in [-0.4, -0.2) is 11.1 Å². The number of carboxylic acids is 1. The highest BCUT2D eigenvalue weighted by Gasteiger charge is 2.50. The zero-order valence-corrected chi connectivity index (χ0v) is 7.16. The highest BCUT2D eigenvalue weighted by molar-refractivity contribution is 5.74. The van der Waals surface area contributed by atoms with Crippen LogP contribution < -0.4 is 0 Å². The van der Waals surface area contributed by atoms with Gasteiger partial charge in [-0.2, -0.15) is 0 Å². The van der Waals surface area contributed by atoms with Crippen molar-refractivity contribution >= 4 is 5.97 Å². The first kappa shape index (κ1) is 8.31. The molecule has 0 unspecified atom stereocenters. The second-order valence-corrected chi connectivity index (χ2v) is 3.54. The van der Waals surface area contributed by atoms with Crippen molar-refractivity contribution in [2.45, 2.75) is 20.8 Å². The topological polar surface area (TPSA) is 37.3 Å². The fourth-order valence-electron chi connectivity index (χ4n) is 1.52. The molecule has 3 atom stereocenters. The summed E-state index contributed by atoms with van der Waals surface area (Å²) in [5, 5.41) is 8.68. The zero-order chi connectivity index (χ0) is 8.59. The minimum absolute atomic E-state index is 0.120. The highest BCUT2D eigenvalue weighted by Crippen LogP contribution is 2.47. The van der Waals surface area contributed by atoms with Gasteiger partial charge in [-0.1, -0.05) is 18.6 Å². The van der Waals surface area contributed by atoms with Crippen molar-refractivity contribution in [2.75, 3.05) is 0 Å². The van der Waals surface area contributed by atoms with E-state index in [1.54, 1.807) is 0 Å². The van der Waals surface area contributed by atoms with Crippen LogP contribution in [0.4, 0.5) is 0 Å². The summed E-state index contributed by atoms with van der Waals surface area (Å²) in [4.78, 5) is 10.5. The molecule has 0 heterocycles. The summed E-state index contributed by atoms with van der Waals surface area (Å²) in [5.74, 6) is -0.148. The Bertz CT molecular complexity index is 202. The van der Waals surface area contributed by atoms with E-state index < -0.39 is 5.97 Å². The molecule has 0 spiro atoms. The lowest BCUT2D eigenvalue weighted by Crippen LogP contribution is -1.99. The minimum Gasteiger partial charge on any atom is -0.481 e. The Hall–Kier alpha value is -0.790. The van der Waals surface area contributed by atoms with Gasteiger partial charge in [-0.05, 0) is 25.7 Å². The second-order valence-electron chi connectivity index (χ2n) is 3.54. The molecule has 0 radical (unpaired) electrons. The van der Waals surface area contributed by atoms with Gasteiger partial charge in [0.05, 0.1) is 5.92 Å². The number of carboxylic acid groups (broad SMARTS) is 1. The molecule has 0 aromatic carbocycles. The number of allylic oxidation sites excluding steroid dienone is 2. The number of rotatable bonds is 2. The van der Waals surface area contributed by atoms with E-state index in [-0.39, 0.29) is 11.8 Å². The van der Waals surface area contributed by atoms with Crippen molar-refractivity contribution in [1.82, 2.24) is 0 Å². The van der Waals surface area contributed by atoms with E-state index >= 15 is 0 Å². The fraction of sp³-hybridized carbons (Fsp3) is 0.667. The van der Waals surface area contributed by atoms with Crippen molar-refractivity contribution in [2.24, 2.45) is 17.8 Å². The maximum Gasteiger partial charge on any atom is 0.307 e. The predicted molar refractivity (Wildman–Crippen MR) is 43.2 cm³/mol. The first-order valence-corrected chi connectivity index (χ1v) is 3.92. The van der Waals surface area contributed by atoms with Crippen molar-refractivity contribution in [3.05, 3.63) is 11.6 Å². The van der Waals surface area contributed by atoms with Crippen LogP contribution in [0.3, 0.4) is 0 Å². The summed E-state index contributed by atoms with van der Waals surface area (Å²) in [7, 11) is 0. The third kappa shape index (κ3) is 1.62. The Balaban J connectivity index is 2.55. The van der Waals surface area contributed by atoms with Gasteiger partial charge >= 0.3 is 5.97 Å².